The van der Waals surface area contributed by atoms with E-state index in [1.54, 1.807) is 11.3 Å². The van der Waals surface area contributed by atoms with Crippen LogP contribution in [0.25, 0.3) is 0 Å². The maximum atomic E-state index is 13.7. The van der Waals surface area contributed by atoms with Gasteiger partial charge in [0.05, 0.1) is 12.6 Å². The summed E-state index contributed by atoms with van der Waals surface area (Å²) in [6.07, 6.45) is 6.01. The van der Waals surface area contributed by atoms with Crippen LogP contribution in [-0.2, 0) is 16.0 Å². The first-order chi connectivity index (χ1) is 16.5. The van der Waals surface area contributed by atoms with Crippen LogP contribution in [0, 0.1) is 18.8 Å². The molecule has 1 fully saturated rings. The predicted molar refractivity (Wildman–Crippen MR) is 137 cm³/mol. The molecule has 0 spiro atoms. The van der Waals surface area contributed by atoms with E-state index >= 15 is 0 Å². The predicted octanol–water partition coefficient (Wildman–Crippen LogP) is 5.63. The number of carbonyl (C=O) groups excluding carboxylic acids is 2. The van der Waals surface area contributed by atoms with Crippen molar-refractivity contribution in [2.45, 2.75) is 65.3 Å². The Morgan fingerprint density at radius 1 is 1.18 bits per heavy atom. The molecule has 0 saturated heterocycles. The largest absolute Gasteiger partial charge is 0.491 e. The Morgan fingerprint density at radius 2 is 1.91 bits per heavy atom. The molecule has 34 heavy (non-hydrogen) atoms. The molecule has 2 amide bonds. The molecule has 2 atom stereocenters. The molecule has 5 nitrogen and oxygen atoms in total. The van der Waals surface area contributed by atoms with E-state index in [9.17, 15) is 9.59 Å². The van der Waals surface area contributed by atoms with E-state index in [4.69, 9.17) is 4.74 Å². The number of rotatable bonds is 9. The van der Waals surface area contributed by atoms with Crippen LogP contribution in [0.5, 0.6) is 5.75 Å². The van der Waals surface area contributed by atoms with Crippen molar-refractivity contribution in [2.24, 2.45) is 11.8 Å². The number of carbonyl (C=O) groups is 2. The van der Waals surface area contributed by atoms with Gasteiger partial charge >= 0.3 is 0 Å². The highest BCUT2D eigenvalue weighted by atomic mass is 32.1. The maximum Gasteiger partial charge on any atom is 0.242 e. The molecule has 1 aromatic carbocycles. The van der Waals surface area contributed by atoms with Crippen molar-refractivity contribution in [1.82, 2.24) is 9.80 Å². The second kappa shape index (κ2) is 11.4. The van der Waals surface area contributed by atoms with E-state index in [2.05, 4.69) is 32.2 Å². The van der Waals surface area contributed by atoms with Crippen LogP contribution in [-0.4, -0.2) is 47.9 Å². The average molecular weight is 483 g/mol. The number of nitrogens with zero attached hydrogens (tertiary/aromatic N) is 2. The molecule has 4 rings (SSSR count). The molecule has 0 bridgehead atoms. The lowest BCUT2D eigenvalue weighted by Crippen LogP contribution is -2.49. The minimum absolute atomic E-state index is 0.0315. The summed E-state index contributed by atoms with van der Waals surface area (Å²) < 4.78 is 6.15. The van der Waals surface area contributed by atoms with Gasteiger partial charge in [-0.25, -0.2) is 0 Å². The third-order valence-corrected chi connectivity index (χ3v) is 8.41. The first-order valence-electron chi connectivity index (χ1n) is 12.8. The van der Waals surface area contributed by atoms with Crippen molar-refractivity contribution in [3.63, 3.8) is 0 Å². The van der Waals surface area contributed by atoms with Crippen molar-refractivity contribution < 1.29 is 14.3 Å². The fourth-order valence-corrected chi connectivity index (χ4v) is 6.04. The van der Waals surface area contributed by atoms with Crippen LogP contribution in [0.15, 0.2) is 35.7 Å². The summed E-state index contributed by atoms with van der Waals surface area (Å²) in [7, 11) is 0. The third kappa shape index (κ3) is 5.83. The molecule has 1 aliphatic carbocycles. The maximum absolute atomic E-state index is 13.7. The number of hydrogen-bond donors (Lipinski definition) is 0. The molecular formula is C28H38N2O3S. The van der Waals surface area contributed by atoms with Crippen LogP contribution in [0.4, 0.5) is 0 Å². The highest BCUT2D eigenvalue weighted by Gasteiger charge is 2.35. The van der Waals surface area contributed by atoms with E-state index in [1.165, 1.54) is 16.0 Å². The Labute approximate surface area is 208 Å². The second-order valence-corrected chi connectivity index (χ2v) is 11.0. The third-order valence-electron chi connectivity index (χ3n) is 7.42. The zero-order valence-corrected chi connectivity index (χ0v) is 21.6. The number of ether oxygens (including phenoxy) is 1. The highest BCUT2D eigenvalue weighted by Crippen LogP contribution is 2.34. The van der Waals surface area contributed by atoms with E-state index in [0.717, 1.165) is 44.3 Å². The Balaban J connectivity index is 1.49. The van der Waals surface area contributed by atoms with Crippen LogP contribution in [0.3, 0.4) is 0 Å². The van der Waals surface area contributed by atoms with Gasteiger partial charge in [0.1, 0.15) is 12.4 Å². The first-order valence-corrected chi connectivity index (χ1v) is 13.7. The van der Waals surface area contributed by atoms with Gasteiger partial charge in [-0.15, -0.1) is 11.3 Å². The number of benzene rings is 1. The number of amides is 2. The lowest BCUT2D eigenvalue weighted by Gasteiger charge is -2.37. The molecule has 1 aliphatic heterocycles. The van der Waals surface area contributed by atoms with Gasteiger partial charge in [-0.1, -0.05) is 50.8 Å². The van der Waals surface area contributed by atoms with Gasteiger partial charge in [-0.3, -0.25) is 9.59 Å². The van der Waals surface area contributed by atoms with Crippen molar-refractivity contribution in [3.05, 3.63) is 51.7 Å². The average Bonchev–Trinajstić information content (AvgIpc) is 3.54. The Hall–Kier alpha value is -2.34. The van der Waals surface area contributed by atoms with E-state index in [1.807, 2.05) is 34.1 Å². The lowest BCUT2D eigenvalue weighted by atomic mass is 10.00. The van der Waals surface area contributed by atoms with Gasteiger partial charge in [0.2, 0.25) is 11.8 Å². The molecular weight excluding hydrogens is 444 g/mol. The molecule has 0 unspecified atom stereocenters. The second-order valence-electron chi connectivity index (χ2n) is 9.99. The molecule has 1 aromatic heterocycles. The van der Waals surface area contributed by atoms with E-state index in [-0.39, 0.29) is 30.3 Å². The fourth-order valence-electron chi connectivity index (χ4n) is 5.11. The van der Waals surface area contributed by atoms with Crippen LogP contribution >= 0.6 is 11.3 Å². The summed E-state index contributed by atoms with van der Waals surface area (Å²) in [4.78, 5) is 32.1. The number of fused-ring (bicyclic) bond motifs is 1. The summed E-state index contributed by atoms with van der Waals surface area (Å²) in [6, 6.07) is 10.0. The van der Waals surface area contributed by atoms with Crippen LogP contribution in [0.2, 0.25) is 0 Å². The standard InChI is InChI=1S/C28H38N2O3S/c1-4-20(2)17-29(28(32)22-7-5-6-8-22)18-27(31)30-15-13-26-24(14-16-34-26)25(30)19-33-23-11-9-21(3)10-12-23/h9-12,14,16,20,22,25H,4-8,13,15,17-19H2,1-3H3/t20-,25+/m1/s1. The number of thiophene rings is 1. The van der Waals surface area contributed by atoms with E-state index in [0.29, 0.717) is 25.6 Å². The van der Waals surface area contributed by atoms with Gasteiger partial charge in [0.15, 0.2) is 0 Å². The minimum Gasteiger partial charge on any atom is -0.491 e. The Bertz CT molecular complexity index is 964. The first kappa shape index (κ1) is 24.8. The summed E-state index contributed by atoms with van der Waals surface area (Å²) >= 11 is 1.76. The normalized spacial score (nSPS) is 19.0. The topological polar surface area (TPSA) is 49.9 Å². The lowest BCUT2D eigenvalue weighted by molar-refractivity contribution is -0.145. The van der Waals surface area contributed by atoms with Crippen LogP contribution < -0.4 is 4.74 Å². The smallest absolute Gasteiger partial charge is 0.242 e. The van der Waals surface area contributed by atoms with Crippen molar-refractivity contribution in [1.29, 1.82) is 0 Å². The molecule has 0 radical (unpaired) electrons. The van der Waals surface area contributed by atoms with Gasteiger partial charge in [0, 0.05) is 23.9 Å². The summed E-state index contributed by atoms with van der Waals surface area (Å²) in [5, 5.41) is 2.11. The summed E-state index contributed by atoms with van der Waals surface area (Å²) in [5.41, 5.74) is 2.38. The Kier molecular flexibility index (Phi) is 8.30. The van der Waals surface area contributed by atoms with Gasteiger partial charge in [-0.05, 0) is 61.2 Å². The molecule has 1 saturated carbocycles. The monoisotopic (exact) mass is 482 g/mol. The quantitative estimate of drug-likeness (QED) is 0.466. The zero-order valence-electron chi connectivity index (χ0n) is 20.8. The molecule has 6 heteroatoms. The summed E-state index contributed by atoms with van der Waals surface area (Å²) in [6.45, 7) is 8.27. The fraction of sp³-hybridized carbons (Fsp3) is 0.571. The van der Waals surface area contributed by atoms with Crippen LogP contribution in [0.1, 0.15) is 68.0 Å². The molecule has 2 heterocycles. The SMILES string of the molecule is CC[C@@H](C)CN(CC(=O)N1CCc2sccc2[C@@H]1COc1ccc(C)cc1)C(=O)C1CCCC1. The number of hydrogen-bond acceptors (Lipinski definition) is 4. The van der Waals surface area contributed by atoms with Crippen molar-refractivity contribution in [2.75, 3.05) is 26.2 Å². The Morgan fingerprint density at radius 3 is 2.62 bits per heavy atom. The van der Waals surface area contributed by atoms with E-state index < -0.39 is 0 Å². The number of aryl methyl sites for hydroxylation is 1. The molecule has 2 aliphatic rings. The summed E-state index contributed by atoms with van der Waals surface area (Å²) in [5.74, 6) is 1.48. The van der Waals surface area contributed by atoms with Gasteiger partial charge in [0.25, 0.3) is 0 Å². The molecule has 2 aromatic rings. The minimum atomic E-state index is -0.129. The molecule has 0 N–H and O–H groups in total. The highest BCUT2D eigenvalue weighted by molar-refractivity contribution is 7.10. The van der Waals surface area contributed by atoms with Crippen molar-refractivity contribution in [3.8, 4) is 5.75 Å². The molecule has 184 valence electrons. The van der Waals surface area contributed by atoms with Gasteiger partial charge in [-0.2, -0.15) is 0 Å². The van der Waals surface area contributed by atoms with Gasteiger partial charge < -0.3 is 14.5 Å². The van der Waals surface area contributed by atoms with Crippen molar-refractivity contribution >= 4 is 23.2 Å². The zero-order chi connectivity index (χ0) is 24.1.